The molecular weight excluding hydrogens is 272 g/mol. The highest BCUT2D eigenvalue weighted by Gasteiger charge is 2.32. The maximum Gasteiger partial charge on any atom is 0.234 e. The number of aromatic nitrogens is 1. The first-order valence-corrected chi connectivity index (χ1v) is 7.43. The molecule has 2 aromatic carbocycles. The fourth-order valence-electron chi connectivity index (χ4n) is 2.72. The highest BCUT2D eigenvalue weighted by atomic mass is 16.2. The van der Waals surface area contributed by atoms with Gasteiger partial charge in [-0.3, -0.25) is 4.79 Å². The van der Waals surface area contributed by atoms with Gasteiger partial charge in [0, 0.05) is 22.8 Å². The number of rotatable bonds is 3. The molecule has 0 bridgehead atoms. The SMILES string of the molecule is Cc1cccc(NC(=O)C(C)(C)c2c[nH]c3ccccc23)c1. The normalized spacial score (nSPS) is 11.6. The van der Waals surface area contributed by atoms with Crippen LogP contribution in [0.15, 0.2) is 54.7 Å². The Labute approximate surface area is 130 Å². The lowest BCUT2D eigenvalue weighted by Gasteiger charge is -2.23. The molecule has 0 unspecified atom stereocenters. The number of aromatic amines is 1. The van der Waals surface area contributed by atoms with E-state index in [4.69, 9.17) is 0 Å². The van der Waals surface area contributed by atoms with Gasteiger partial charge in [-0.25, -0.2) is 0 Å². The third kappa shape index (κ3) is 2.50. The number of anilines is 1. The third-order valence-electron chi connectivity index (χ3n) is 4.11. The summed E-state index contributed by atoms with van der Waals surface area (Å²) in [5.74, 6) is -0.0112. The molecule has 0 aliphatic carbocycles. The fourth-order valence-corrected chi connectivity index (χ4v) is 2.72. The van der Waals surface area contributed by atoms with Gasteiger partial charge in [-0.1, -0.05) is 30.3 Å². The van der Waals surface area contributed by atoms with Crippen molar-refractivity contribution in [2.24, 2.45) is 0 Å². The van der Waals surface area contributed by atoms with Crippen LogP contribution in [0.3, 0.4) is 0 Å². The van der Waals surface area contributed by atoms with Crippen LogP contribution in [0.25, 0.3) is 10.9 Å². The average molecular weight is 292 g/mol. The van der Waals surface area contributed by atoms with E-state index in [2.05, 4.69) is 10.3 Å². The number of fused-ring (bicyclic) bond motifs is 1. The lowest BCUT2D eigenvalue weighted by Crippen LogP contribution is -2.34. The van der Waals surface area contributed by atoms with Gasteiger partial charge in [0.05, 0.1) is 5.41 Å². The minimum atomic E-state index is -0.622. The number of carbonyl (C=O) groups is 1. The van der Waals surface area contributed by atoms with E-state index in [1.807, 2.05) is 75.5 Å². The van der Waals surface area contributed by atoms with Gasteiger partial charge in [-0.2, -0.15) is 0 Å². The Morgan fingerprint density at radius 2 is 1.86 bits per heavy atom. The Morgan fingerprint density at radius 3 is 2.64 bits per heavy atom. The van der Waals surface area contributed by atoms with Crippen LogP contribution in [-0.4, -0.2) is 10.9 Å². The summed E-state index contributed by atoms with van der Waals surface area (Å²) >= 11 is 0. The van der Waals surface area contributed by atoms with Gasteiger partial charge in [0.25, 0.3) is 0 Å². The number of nitrogens with one attached hydrogen (secondary N) is 2. The van der Waals surface area contributed by atoms with Gasteiger partial charge in [0.2, 0.25) is 5.91 Å². The predicted molar refractivity (Wildman–Crippen MR) is 91.1 cm³/mol. The van der Waals surface area contributed by atoms with E-state index in [0.717, 1.165) is 27.7 Å². The smallest absolute Gasteiger partial charge is 0.234 e. The second-order valence-electron chi connectivity index (χ2n) is 6.20. The summed E-state index contributed by atoms with van der Waals surface area (Å²) in [5, 5.41) is 4.11. The second kappa shape index (κ2) is 5.34. The van der Waals surface area contributed by atoms with E-state index in [9.17, 15) is 4.79 Å². The van der Waals surface area contributed by atoms with Gasteiger partial charge in [-0.05, 0) is 50.1 Å². The first-order valence-electron chi connectivity index (χ1n) is 7.43. The molecule has 0 spiro atoms. The molecule has 0 radical (unpaired) electrons. The summed E-state index contributed by atoms with van der Waals surface area (Å²) in [5.41, 5.74) is 3.39. The molecule has 0 aliphatic heterocycles. The first kappa shape index (κ1) is 14.4. The molecule has 3 rings (SSSR count). The maximum atomic E-state index is 12.8. The number of para-hydroxylation sites is 1. The average Bonchev–Trinajstić information content (AvgIpc) is 2.91. The summed E-state index contributed by atoms with van der Waals surface area (Å²) in [4.78, 5) is 16.0. The number of carbonyl (C=O) groups excluding carboxylic acids is 1. The van der Waals surface area contributed by atoms with Crippen molar-refractivity contribution in [2.45, 2.75) is 26.2 Å². The zero-order valence-electron chi connectivity index (χ0n) is 13.1. The van der Waals surface area contributed by atoms with Crippen LogP contribution in [0.4, 0.5) is 5.69 Å². The zero-order valence-corrected chi connectivity index (χ0v) is 13.1. The van der Waals surface area contributed by atoms with Crippen molar-refractivity contribution in [2.75, 3.05) is 5.32 Å². The van der Waals surface area contributed by atoms with Crippen LogP contribution in [0.2, 0.25) is 0 Å². The van der Waals surface area contributed by atoms with E-state index >= 15 is 0 Å². The summed E-state index contributed by atoms with van der Waals surface area (Å²) in [6, 6.07) is 15.9. The molecule has 2 N–H and O–H groups in total. The van der Waals surface area contributed by atoms with Gasteiger partial charge in [-0.15, -0.1) is 0 Å². The number of hydrogen-bond acceptors (Lipinski definition) is 1. The van der Waals surface area contributed by atoms with Crippen molar-refractivity contribution in [3.63, 3.8) is 0 Å². The Balaban J connectivity index is 1.93. The molecular formula is C19H20N2O. The van der Waals surface area contributed by atoms with Gasteiger partial charge < -0.3 is 10.3 Å². The van der Waals surface area contributed by atoms with Crippen molar-refractivity contribution in [3.8, 4) is 0 Å². The lowest BCUT2D eigenvalue weighted by atomic mass is 9.83. The van der Waals surface area contributed by atoms with E-state index in [0.29, 0.717) is 0 Å². The van der Waals surface area contributed by atoms with Crippen molar-refractivity contribution in [3.05, 3.63) is 65.9 Å². The molecule has 0 atom stereocenters. The van der Waals surface area contributed by atoms with Crippen molar-refractivity contribution in [1.29, 1.82) is 0 Å². The molecule has 112 valence electrons. The van der Waals surface area contributed by atoms with E-state index in [-0.39, 0.29) is 5.91 Å². The van der Waals surface area contributed by atoms with E-state index in [1.54, 1.807) is 0 Å². The summed E-state index contributed by atoms with van der Waals surface area (Å²) in [6.07, 6.45) is 1.93. The van der Waals surface area contributed by atoms with Crippen LogP contribution in [-0.2, 0) is 10.2 Å². The molecule has 1 heterocycles. The molecule has 22 heavy (non-hydrogen) atoms. The summed E-state index contributed by atoms with van der Waals surface area (Å²) in [6.45, 7) is 5.92. The zero-order chi connectivity index (χ0) is 15.7. The molecule has 1 aromatic heterocycles. The van der Waals surface area contributed by atoms with Crippen molar-refractivity contribution < 1.29 is 4.79 Å². The van der Waals surface area contributed by atoms with Gasteiger partial charge in [0.1, 0.15) is 0 Å². The number of aryl methyl sites for hydroxylation is 1. The highest BCUT2D eigenvalue weighted by molar-refractivity contribution is 6.01. The van der Waals surface area contributed by atoms with Gasteiger partial charge in [0.15, 0.2) is 0 Å². The number of benzene rings is 2. The molecule has 0 fully saturated rings. The first-order chi connectivity index (χ1) is 10.5. The predicted octanol–water partition coefficient (Wildman–Crippen LogP) is 4.39. The topological polar surface area (TPSA) is 44.9 Å². The maximum absolute atomic E-state index is 12.8. The highest BCUT2D eigenvalue weighted by Crippen LogP contribution is 2.31. The molecule has 3 aromatic rings. The molecule has 0 saturated heterocycles. The van der Waals surface area contributed by atoms with Gasteiger partial charge >= 0.3 is 0 Å². The quantitative estimate of drug-likeness (QED) is 0.738. The number of amides is 1. The van der Waals surface area contributed by atoms with Crippen LogP contribution in [0.1, 0.15) is 25.0 Å². The number of H-pyrrole nitrogens is 1. The van der Waals surface area contributed by atoms with E-state index in [1.165, 1.54) is 0 Å². The Morgan fingerprint density at radius 1 is 1.09 bits per heavy atom. The van der Waals surface area contributed by atoms with Crippen molar-refractivity contribution >= 4 is 22.5 Å². The molecule has 0 aliphatic rings. The molecule has 3 heteroatoms. The number of hydrogen-bond donors (Lipinski definition) is 2. The van der Waals surface area contributed by atoms with Crippen LogP contribution >= 0.6 is 0 Å². The summed E-state index contributed by atoms with van der Waals surface area (Å²) in [7, 11) is 0. The Bertz CT molecular complexity index is 830. The third-order valence-corrected chi connectivity index (χ3v) is 4.11. The molecule has 0 saturated carbocycles. The molecule has 3 nitrogen and oxygen atoms in total. The second-order valence-corrected chi connectivity index (χ2v) is 6.20. The Hall–Kier alpha value is -2.55. The van der Waals surface area contributed by atoms with E-state index < -0.39 is 5.41 Å². The van der Waals surface area contributed by atoms with Crippen LogP contribution in [0.5, 0.6) is 0 Å². The largest absolute Gasteiger partial charge is 0.361 e. The minimum absolute atomic E-state index is 0.0112. The fraction of sp³-hybridized carbons (Fsp3) is 0.211. The molecule has 1 amide bonds. The Kier molecular flexibility index (Phi) is 3.49. The van der Waals surface area contributed by atoms with Crippen LogP contribution < -0.4 is 5.32 Å². The van der Waals surface area contributed by atoms with Crippen molar-refractivity contribution in [1.82, 2.24) is 4.98 Å². The minimum Gasteiger partial charge on any atom is -0.361 e. The summed E-state index contributed by atoms with van der Waals surface area (Å²) < 4.78 is 0. The monoisotopic (exact) mass is 292 g/mol. The van der Waals surface area contributed by atoms with Crippen LogP contribution in [0, 0.1) is 6.92 Å². The standard InChI is InChI=1S/C19H20N2O/c1-13-7-6-8-14(11-13)21-18(22)19(2,3)16-12-20-17-10-5-4-9-15(16)17/h4-12,20H,1-3H3,(H,21,22). The lowest BCUT2D eigenvalue weighted by molar-refractivity contribution is -0.120.